The van der Waals surface area contributed by atoms with Crippen LogP contribution in [0.3, 0.4) is 0 Å². The second-order valence-electron chi connectivity index (χ2n) is 5.48. The molecule has 0 bridgehead atoms. The summed E-state index contributed by atoms with van der Waals surface area (Å²) in [6.07, 6.45) is 0. The first-order chi connectivity index (χ1) is 11.6. The predicted molar refractivity (Wildman–Crippen MR) is 95.8 cm³/mol. The molecule has 0 unspecified atom stereocenters. The second-order valence-corrected chi connectivity index (χ2v) is 5.48. The molecule has 5 heteroatoms. The van der Waals surface area contributed by atoms with Gasteiger partial charge in [-0.15, -0.1) is 0 Å². The van der Waals surface area contributed by atoms with E-state index in [1.165, 1.54) is 12.1 Å². The Morgan fingerprint density at radius 3 is 2.42 bits per heavy atom. The van der Waals surface area contributed by atoms with E-state index in [-0.39, 0.29) is 5.82 Å². The summed E-state index contributed by atoms with van der Waals surface area (Å²) in [5, 5.41) is 6.47. The van der Waals surface area contributed by atoms with Gasteiger partial charge in [-0.3, -0.25) is 0 Å². The minimum Gasteiger partial charge on any atom is -0.496 e. The fourth-order valence-electron chi connectivity index (χ4n) is 2.34. The van der Waals surface area contributed by atoms with Crippen molar-refractivity contribution in [3.05, 3.63) is 65.0 Å². The van der Waals surface area contributed by atoms with Crippen LogP contribution < -0.4 is 15.4 Å². The number of rotatable bonds is 6. The van der Waals surface area contributed by atoms with Crippen LogP contribution in [0.5, 0.6) is 5.75 Å². The third kappa shape index (κ3) is 5.26. The summed E-state index contributed by atoms with van der Waals surface area (Å²) in [6, 6.07) is 12.5. The highest BCUT2D eigenvalue weighted by molar-refractivity contribution is 5.79. The third-order valence-corrected chi connectivity index (χ3v) is 3.60. The highest BCUT2D eigenvalue weighted by Gasteiger charge is 2.02. The van der Waals surface area contributed by atoms with Gasteiger partial charge in [0.25, 0.3) is 0 Å². The Kier molecular flexibility index (Phi) is 6.61. The first kappa shape index (κ1) is 17.8. The Labute approximate surface area is 142 Å². The van der Waals surface area contributed by atoms with Crippen molar-refractivity contribution >= 4 is 5.96 Å². The molecule has 0 radical (unpaired) electrons. The number of benzene rings is 2. The van der Waals surface area contributed by atoms with Gasteiger partial charge in [0, 0.05) is 13.1 Å². The molecule has 128 valence electrons. The highest BCUT2D eigenvalue weighted by atomic mass is 19.1. The molecule has 0 saturated heterocycles. The second kappa shape index (κ2) is 8.91. The molecule has 0 amide bonds. The highest BCUT2D eigenvalue weighted by Crippen LogP contribution is 2.18. The lowest BCUT2D eigenvalue weighted by atomic mass is 10.1. The van der Waals surface area contributed by atoms with Gasteiger partial charge in [-0.25, -0.2) is 9.38 Å². The molecule has 2 N–H and O–H groups in total. The standard InChI is InChI=1S/C19H24FN3O/c1-4-21-19(22-12-15-5-8-17(20)9-6-15)23-13-16-7-10-18(24-3)14(2)11-16/h5-11H,4,12-13H2,1-3H3,(H2,21,22,23). The van der Waals surface area contributed by atoms with Gasteiger partial charge < -0.3 is 15.4 Å². The van der Waals surface area contributed by atoms with Crippen LogP contribution in [0.15, 0.2) is 47.5 Å². The Morgan fingerprint density at radius 2 is 1.79 bits per heavy atom. The van der Waals surface area contributed by atoms with Crippen molar-refractivity contribution in [3.8, 4) is 5.75 Å². The summed E-state index contributed by atoms with van der Waals surface area (Å²) in [5.74, 6) is 1.38. The molecule has 0 spiro atoms. The molecule has 2 aromatic rings. The number of halogens is 1. The summed E-state index contributed by atoms with van der Waals surface area (Å²) in [4.78, 5) is 4.59. The van der Waals surface area contributed by atoms with Gasteiger partial charge in [0.15, 0.2) is 5.96 Å². The summed E-state index contributed by atoms with van der Waals surface area (Å²) < 4.78 is 18.2. The van der Waals surface area contributed by atoms with E-state index in [0.717, 1.165) is 34.9 Å². The number of nitrogens with one attached hydrogen (secondary N) is 2. The largest absolute Gasteiger partial charge is 0.496 e. The van der Waals surface area contributed by atoms with Crippen LogP contribution in [-0.4, -0.2) is 19.6 Å². The van der Waals surface area contributed by atoms with Gasteiger partial charge in [-0.2, -0.15) is 0 Å². The molecule has 4 nitrogen and oxygen atoms in total. The molecule has 0 aromatic heterocycles. The fraction of sp³-hybridized carbons (Fsp3) is 0.316. The minimum atomic E-state index is -0.228. The molecule has 0 aliphatic carbocycles. The van der Waals surface area contributed by atoms with Crippen LogP contribution in [0, 0.1) is 12.7 Å². The van der Waals surface area contributed by atoms with E-state index in [1.54, 1.807) is 19.2 Å². The molecule has 0 aliphatic rings. The molecular formula is C19H24FN3O. The van der Waals surface area contributed by atoms with E-state index in [4.69, 9.17) is 4.74 Å². The minimum absolute atomic E-state index is 0.228. The summed E-state index contributed by atoms with van der Waals surface area (Å²) in [6.45, 7) is 5.98. The lowest BCUT2D eigenvalue weighted by molar-refractivity contribution is 0.411. The zero-order valence-electron chi connectivity index (χ0n) is 14.4. The van der Waals surface area contributed by atoms with Gasteiger partial charge in [-0.1, -0.05) is 24.3 Å². The number of nitrogens with zero attached hydrogens (tertiary/aromatic N) is 1. The topological polar surface area (TPSA) is 45.7 Å². The normalized spacial score (nSPS) is 11.2. The van der Waals surface area contributed by atoms with Crippen molar-refractivity contribution in [3.63, 3.8) is 0 Å². The van der Waals surface area contributed by atoms with Crippen molar-refractivity contribution in [1.29, 1.82) is 0 Å². The van der Waals surface area contributed by atoms with Crippen molar-refractivity contribution in [2.75, 3.05) is 13.7 Å². The van der Waals surface area contributed by atoms with Crippen LogP contribution in [0.1, 0.15) is 23.6 Å². The number of ether oxygens (including phenoxy) is 1. The average molecular weight is 329 g/mol. The predicted octanol–water partition coefficient (Wildman–Crippen LogP) is 3.40. The van der Waals surface area contributed by atoms with Crippen molar-refractivity contribution in [2.45, 2.75) is 26.9 Å². The van der Waals surface area contributed by atoms with Gasteiger partial charge in [-0.05, 0) is 48.7 Å². The van der Waals surface area contributed by atoms with E-state index in [9.17, 15) is 4.39 Å². The fourth-order valence-corrected chi connectivity index (χ4v) is 2.34. The van der Waals surface area contributed by atoms with E-state index in [1.807, 2.05) is 26.0 Å². The number of methoxy groups -OCH3 is 1. The quantitative estimate of drug-likeness (QED) is 0.631. The number of hydrogen-bond donors (Lipinski definition) is 2. The Morgan fingerprint density at radius 1 is 1.08 bits per heavy atom. The summed E-state index contributed by atoms with van der Waals surface area (Å²) in [5.41, 5.74) is 3.21. The molecule has 24 heavy (non-hydrogen) atoms. The number of aliphatic imine (C=N–C) groups is 1. The molecule has 0 heterocycles. The summed E-state index contributed by atoms with van der Waals surface area (Å²) in [7, 11) is 1.67. The van der Waals surface area contributed by atoms with E-state index >= 15 is 0 Å². The van der Waals surface area contributed by atoms with E-state index < -0.39 is 0 Å². The maximum Gasteiger partial charge on any atom is 0.191 e. The van der Waals surface area contributed by atoms with Crippen molar-refractivity contribution in [2.24, 2.45) is 4.99 Å². The van der Waals surface area contributed by atoms with Gasteiger partial charge in [0.2, 0.25) is 0 Å². The van der Waals surface area contributed by atoms with Crippen LogP contribution in [0.25, 0.3) is 0 Å². The monoisotopic (exact) mass is 329 g/mol. The summed E-state index contributed by atoms with van der Waals surface area (Å²) >= 11 is 0. The van der Waals surface area contributed by atoms with Crippen molar-refractivity contribution < 1.29 is 9.13 Å². The first-order valence-electron chi connectivity index (χ1n) is 8.02. The van der Waals surface area contributed by atoms with Crippen LogP contribution in [0.2, 0.25) is 0 Å². The maximum atomic E-state index is 12.9. The number of aryl methyl sites for hydroxylation is 1. The SMILES string of the molecule is CCNC(=NCc1ccc(OC)c(C)c1)NCc1ccc(F)cc1. The van der Waals surface area contributed by atoms with Gasteiger partial charge >= 0.3 is 0 Å². The van der Waals surface area contributed by atoms with Crippen LogP contribution in [0.4, 0.5) is 4.39 Å². The average Bonchev–Trinajstić information content (AvgIpc) is 2.59. The number of guanidine groups is 1. The Bertz CT molecular complexity index is 684. The lowest BCUT2D eigenvalue weighted by Crippen LogP contribution is -2.36. The van der Waals surface area contributed by atoms with Crippen molar-refractivity contribution in [1.82, 2.24) is 10.6 Å². The first-order valence-corrected chi connectivity index (χ1v) is 8.02. The molecule has 0 aliphatic heterocycles. The van der Waals surface area contributed by atoms with E-state index in [2.05, 4.69) is 21.7 Å². The number of hydrogen-bond acceptors (Lipinski definition) is 2. The van der Waals surface area contributed by atoms with E-state index in [0.29, 0.717) is 13.1 Å². The third-order valence-electron chi connectivity index (χ3n) is 3.60. The Hall–Kier alpha value is -2.56. The Balaban J connectivity index is 1.99. The molecule has 0 saturated carbocycles. The molecule has 0 fully saturated rings. The van der Waals surface area contributed by atoms with Crippen LogP contribution >= 0.6 is 0 Å². The molecule has 2 rings (SSSR count). The molecule has 2 aromatic carbocycles. The zero-order chi connectivity index (χ0) is 17.4. The van der Waals surface area contributed by atoms with Gasteiger partial charge in [0.05, 0.1) is 13.7 Å². The lowest BCUT2D eigenvalue weighted by Gasteiger charge is -2.12. The zero-order valence-corrected chi connectivity index (χ0v) is 14.4. The molecular weight excluding hydrogens is 305 g/mol. The van der Waals surface area contributed by atoms with Gasteiger partial charge in [0.1, 0.15) is 11.6 Å². The van der Waals surface area contributed by atoms with Crippen LogP contribution in [-0.2, 0) is 13.1 Å². The smallest absolute Gasteiger partial charge is 0.191 e. The maximum absolute atomic E-state index is 12.9. The molecule has 0 atom stereocenters.